The number of hydrogen-bond donors (Lipinski definition) is 1. The molecule has 1 aliphatic heterocycles. The molecule has 1 amide bonds. The molecule has 1 aliphatic rings. The van der Waals surface area contributed by atoms with Crippen molar-refractivity contribution in [1.29, 1.82) is 0 Å². The number of rotatable bonds is 2. The number of carboxylic acid groups (broad SMARTS) is 1. The van der Waals surface area contributed by atoms with Crippen LogP contribution in [0.5, 0.6) is 0 Å². The average Bonchev–Trinajstić information content (AvgIpc) is 2.33. The molecule has 0 aliphatic carbocycles. The second kappa shape index (κ2) is 5.58. The van der Waals surface area contributed by atoms with Crippen molar-refractivity contribution >= 4 is 43.7 Å². The molecule has 2 rings (SSSR count). The lowest BCUT2D eigenvalue weighted by Gasteiger charge is -2.36. The molecule has 7 heteroatoms. The van der Waals surface area contributed by atoms with Crippen molar-refractivity contribution in [3.8, 4) is 0 Å². The van der Waals surface area contributed by atoms with Crippen LogP contribution < -0.4 is 0 Å². The summed E-state index contributed by atoms with van der Waals surface area (Å²) in [5, 5.41) is 9.33. The van der Waals surface area contributed by atoms with Gasteiger partial charge in [-0.15, -0.1) is 0 Å². The van der Waals surface area contributed by atoms with Crippen LogP contribution in [0.4, 0.5) is 0 Å². The molecule has 2 atom stereocenters. The van der Waals surface area contributed by atoms with Crippen LogP contribution in [0.1, 0.15) is 24.6 Å². The molecule has 1 aromatic heterocycles. The van der Waals surface area contributed by atoms with Crippen molar-refractivity contribution < 1.29 is 14.7 Å². The Labute approximate surface area is 127 Å². The van der Waals surface area contributed by atoms with Crippen LogP contribution in [0.25, 0.3) is 0 Å². The van der Waals surface area contributed by atoms with E-state index in [1.807, 2.05) is 0 Å². The van der Waals surface area contributed by atoms with Gasteiger partial charge in [-0.2, -0.15) is 0 Å². The SMILES string of the molecule is CN1C(=O)CCC(C(=O)O)C1c1ncc(Br)cc1Br. The van der Waals surface area contributed by atoms with Crippen molar-refractivity contribution in [3.05, 3.63) is 26.9 Å². The minimum absolute atomic E-state index is 0.0564. The molecule has 0 radical (unpaired) electrons. The summed E-state index contributed by atoms with van der Waals surface area (Å²) in [4.78, 5) is 28.9. The molecule has 1 aromatic rings. The van der Waals surface area contributed by atoms with Crippen molar-refractivity contribution in [3.63, 3.8) is 0 Å². The Hall–Kier alpha value is -0.950. The smallest absolute Gasteiger partial charge is 0.309 e. The Bertz CT molecular complexity index is 536. The van der Waals surface area contributed by atoms with Gasteiger partial charge in [0.25, 0.3) is 0 Å². The maximum absolute atomic E-state index is 11.8. The van der Waals surface area contributed by atoms with Crippen molar-refractivity contribution in [2.75, 3.05) is 7.05 Å². The summed E-state index contributed by atoms with van der Waals surface area (Å²) in [7, 11) is 1.62. The van der Waals surface area contributed by atoms with Gasteiger partial charge < -0.3 is 10.0 Å². The molecular formula is C12H12Br2N2O3. The second-order valence-electron chi connectivity index (χ2n) is 4.45. The first kappa shape index (κ1) is 14.5. The number of carbonyl (C=O) groups excluding carboxylic acids is 1. The summed E-state index contributed by atoms with van der Waals surface area (Å²) >= 11 is 6.69. The Morgan fingerprint density at radius 3 is 2.79 bits per heavy atom. The van der Waals surface area contributed by atoms with E-state index in [0.717, 1.165) is 4.47 Å². The number of piperidine rings is 1. The van der Waals surface area contributed by atoms with Crippen molar-refractivity contribution in [2.45, 2.75) is 18.9 Å². The largest absolute Gasteiger partial charge is 0.481 e. The van der Waals surface area contributed by atoms with Gasteiger partial charge in [-0.3, -0.25) is 14.6 Å². The number of amides is 1. The van der Waals surface area contributed by atoms with E-state index in [-0.39, 0.29) is 12.3 Å². The number of carbonyl (C=O) groups is 2. The third-order valence-corrected chi connectivity index (χ3v) is 4.36. The van der Waals surface area contributed by atoms with Gasteiger partial charge in [0.05, 0.1) is 17.7 Å². The Kier molecular flexibility index (Phi) is 4.25. The highest BCUT2D eigenvalue weighted by molar-refractivity contribution is 9.11. The lowest BCUT2D eigenvalue weighted by molar-refractivity contribution is -0.151. The van der Waals surface area contributed by atoms with E-state index in [9.17, 15) is 14.7 Å². The fourth-order valence-electron chi connectivity index (χ4n) is 2.31. The number of likely N-dealkylation sites (tertiary alicyclic amines) is 1. The first-order chi connectivity index (χ1) is 8.91. The van der Waals surface area contributed by atoms with E-state index in [2.05, 4.69) is 36.8 Å². The maximum atomic E-state index is 11.8. The zero-order chi connectivity index (χ0) is 14.2. The van der Waals surface area contributed by atoms with Gasteiger partial charge in [0, 0.05) is 28.6 Å². The zero-order valence-electron chi connectivity index (χ0n) is 10.1. The minimum atomic E-state index is -0.902. The van der Waals surface area contributed by atoms with E-state index in [1.165, 1.54) is 4.90 Å². The summed E-state index contributed by atoms with van der Waals surface area (Å²) in [5.74, 6) is -1.59. The van der Waals surface area contributed by atoms with Crippen molar-refractivity contribution in [2.24, 2.45) is 5.92 Å². The molecule has 0 bridgehead atoms. The monoisotopic (exact) mass is 390 g/mol. The predicted molar refractivity (Wildman–Crippen MR) is 75.5 cm³/mol. The third-order valence-electron chi connectivity index (χ3n) is 3.29. The quantitative estimate of drug-likeness (QED) is 0.841. The molecule has 102 valence electrons. The Morgan fingerprint density at radius 1 is 1.53 bits per heavy atom. The summed E-state index contributed by atoms with van der Waals surface area (Å²) in [6.07, 6.45) is 2.21. The highest BCUT2D eigenvalue weighted by Crippen LogP contribution is 2.38. The van der Waals surface area contributed by atoms with E-state index in [0.29, 0.717) is 16.6 Å². The predicted octanol–water partition coefficient (Wildman–Crippen LogP) is 2.60. The zero-order valence-corrected chi connectivity index (χ0v) is 13.3. The number of nitrogens with zero attached hydrogens (tertiary/aromatic N) is 2. The first-order valence-electron chi connectivity index (χ1n) is 5.71. The van der Waals surface area contributed by atoms with E-state index in [4.69, 9.17) is 0 Å². The Morgan fingerprint density at radius 2 is 2.21 bits per heavy atom. The summed E-state index contributed by atoms with van der Waals surface area (Å²) in [6, 6.07) is 1.26. The highest BCUT2D eigenvalue weighted by atomic mass is 79.9. The van der Waals surface area contributed by atoms with E-state index in [1.54, 1.807) is 19.3 Å². The normalized spacial score (nSPS) is 23.5. The molecule has 19 heavy (non-hydrogen) atoms. The van der Waals surface area contributed by atoms with Crippen LogP contribution in [0, 0.1) is 5.92 Å². The van der Waals surface area contributed by atoms with Gasteiger partial charge in [0.15, 0.2) is 0 Å². The number of carboxylic acids is 1. The number of hydrogen-bond acceptors (Lipinski definition) is 3. The number of halogens is 2. The molecule has 5 nitrogen and oxygen atoms in total. The van der Waals surface area contributed by atoms with Crippen LogP contribution in [-0.4, -0.2) is 33.9 Å². The lowest BCUT2D eigenvalue weighted by Crippen LogP contribution is -2.43. The molecule has 0 saturated carbocycles. The molecule has 2 unspecified atom stereocenters. The van der Waals surface area contributed by atoms with Gasteiger partial charge in [-0.05, 0) is 44.3 Å². The van der Waals surface area contributed by atoms with Crippen LogP contribution in [0.15, 0.2) is 21.2 Å². The number of aliphatic carboxylic acids is 1. The van der Waals surface area contributed by atoms with Crippen LogP contribution in [0.3, 0.4) is 0 Å². The molecule has 2 heterocycles. The Balaban J connectivity index is 2.46. The topological polar surface area (TPSA) is 70.5 Å². The molecule has 0 spiro atoms. The van der Waals surface area contributed by atoms with Gasteiger partial charge in [0.2, 0.25) is 5.91 Å². The molecule has 1 saturated heterocycles. The van der Waals surface area contributed by atoms with E-state index >= 15 is 0 Å². The first-order valence-corrected chi connectivity index (χ1v) is 7.30. The van der Waals surface area contributed by atoms with Gasteiger partial charge >= 0.3 is 5.97 Å². The van der Waals surface area contributed by atoms with Crippen LogP contribution in [-0.2, 0) is 9.59 Å². The summed E-state index contributed by atoms with van der Waals surface area (Å²) in [6.45, 7) is 0. The standard InChI is InChI=1S/C12H12Br2N2O3/c1-16-9(17)3-2-7(12(18)19)11(16)10-8(14)4-6(13)5-15-10/h4-5,7,11H,2-3H2,1H3,(H,18,19). The number of pyridine rings is 1. The van der Waals surface area contributed by atoms with Gasteiger partial charge in [-0.1, -0.05) is 0 Å². The summed E-state index contributed by atoms with van der Waals surface area (Å²) < 4.78 is 1.49. The number of aromatic nitrogens is 1. The van der Waals surface area contributed by atoms with E-state index < -0.39 is 17.9 Å². The minimum Gasteiger partial charge on any atom is -0.481 e. The van der Waals surface area contributed by atoms with Crippen LogP contribution >= 0.6 is 31.9 Å². The molecule has 1 N–H and O–H groups in total. The fourth-order valence-corrected chi connectivity index (χ4v) is 3.54. The highest BCUT2D eigenvalue weighted by Gasteiger charge is 2.40. The average molecular weight is 392 g/mol. The molecule has 1 fully saturated rings. The fraction of sp³-hybridized carbons (Fsp3) is 0.417. The second-order valence-corrected chi connectivity index (χ2v) is 6.22. The third kappa shape index (κ3) is 2.81. The molecule has 0 aromatic carbocycles. The van der Waals surface area contributed by atoms with Gasteiger partial charge in [-0.25, -0.2) is 0 Å². The van der Waals surface area contributed by atoms with Crippen LogP contribution in [0.2, 0.25) is 0 Å². The maximum Gasteiger partial charge on any atom is 0.309 e. The lowest BCUT2D eigenvalue weighted by atomic mass is 9.87. The summed E-state index contributed by atoms with van der Waals surface area (Å²) in [5.41, 5.74) is 0.575. The molecular weight excluding hydrogens is 380 g/mol. The van der Waals surface area contributed by atoms with Crippen molar-refractivity contribution in [1.82, 2.24) is 9.88 Å². The van der Waals surface area contributed by atoms with Gasteiger partial charge in [0.1, 0.15) is 0 Å².